The molecule has 0 fully saturated rings. The van der Waals surface area contributed by atoms with Gasteiger partial charge >= 0.3 is 0 Å². The molecule has 9 aromatic rings. The van der Waals surface area contributed by atoms with Gasteiger partial charge in [-0.2, -0.15) is 0 Å². The standard InChI is InChI=1S/C70H75N4O.Pt/c1-65(2,3)48-31-32-60-61(40-48)73(53-36-50(67(7,8)9)35-51(37-53)69(13,14)46-25-19-17-20-26-46)45-72(60)54-38-52(70(15,16)47-27-21-18-22-28-47)39-55(42-54)75-56-43-58(68(10,11)12)64-57-29-23-24-30-59(57)74(62(64)44-56)63-41-49(33-34-71-63)66(4,5)6;/h17-41,43,45H,1-16H3;/q-3;. The molecule has 5 nitrogen and oxygen atoms in total. The van der Waals surface area contributed by atoms with E-state index in [-0.39, 0.29) is 48.1 Å². The van der Waals surface area contributed by atoms with Crippen LogP contribution in [-0.2, 0) is 53.6 Å². The van der Waals surface area contributed by atoms with E-state index < -0.39 is 5.41 Å². The molecule has 7 aromatic carbocycles. The predicted molar refractivity (Wildman–Crippen MR) is 316 cm³/mol. The summed E-state index contributed by atoms with van der Waals surface area (Å²) in [7, 11) is 0. The summed E-state index contributed by atoms with van der Waals surface area (Å²) in [5, 5.41) is 2.32. The summed E-state index contributed by atoms with van der Waals surface area (Å²) >= 11 is 0. The molecular formula is C70H75N4OPt-3. The normalized spacial score (nSPS) is 13.6. The van der Waals surface area contributed by atoms with Crippen molar-refractivity contribution in [3.05, 3.63) is 221 Å². The average Bonchev–Trinajstić information content (AvgIpc) is 3.92. The number of hydrogen-bond acceptors (Lipinski definition) is 4. The van der Waals surface area contributed by atoms with Crippen LogP contribution in [0.5, 0.6) is 11.5 Å². The molecular weight excluding hydrogens is 1110 g/mol. The van der Waals surface area contributed by atoms with Gasteiger partial charge in [0.15, 0.2) is 0 Å². The van der Waals surface area contributed by atoms with Crippen molar-refractivity contribution >= 4 is 44.6 Å². The third kappa shape index (κ3) is 10.2. The zero-order chi connectivity index (χ0) is 53.6. The minimum atomic E-state index is -0.402. The van der Waals surface area contributed by atoms with Crippen LogP contribution in [-0.4, -0.2) is 9.55 Å². The minimum absolute atomic E-state index is 0. The fourth-order valence-electron chi connectivity index (χ4n) is 10.7. The fraction of sp³-hybridized carbons (Fsp3) is 0.314. The summed E-state index contributed by atoms with van der Waals surface area (Å²) in [6.45, 7) is 39.0. The Morgan fingerprint density at radius 3 is 1.61 bits per heavy atom. The van der Waals surface area contributed by atoms with Gasteiger partial charge in [0.2, 0.25) is 0 Å². The van der Waals surface area contributed by atoms with Gasteiger partial charge in [0.1, 0.15) is 5.82 Å². The van der Waals surface area contributed by atoms with Crippen LogP contribution in [0.3, 0.4) is 0 Å². The summed E-state index contributed by atoms with van der Waals surface area (Å²) < 4.78 is 9.54. The van der Waals surface area contributed by atoms with Gasteiger partial charge in [0, 0.05) is 66.8 Å². The molecule has 10 rings (SSSR count). The summed E-state index contributed by atoms with van der Waals surface area (Å²) in [5.41, 5.74) is 14.9. The molecule has 0 amide bonds. The molecule has 0 spiro atoms. The molecule has 0 atom stereocenters. The molecule has 0 N–H and O–H groups in total. The largest absolute Gasteiger partial charge is 0.509 e. The fourth-order valence-corrected chi connectivity index (χ4v) is 10.7. The minimum Gasteiger partial charge on any atom is -0.509 e. The van der Waals surface area contributed by atoms with E-state index in [1.807, 2.05) is 6.20 Å². The van der Waals surface area contributed by atoms with E-state index in [1.165, 1.54) is 38.9 Å². The second kappa shape index (κ2) is 19.5. The molecule has 0 radical (unpaired) electrons. The number of benzene rings is 7. The molecule has 394 valence electrons. The third-order valence-electron chi connectivity index (χ3n) is 15.7. The third-order valence-corrected chi connectivity index (χ3v) is 15.7. The average molecular weight is 1180 g/mol. The molecule has 0 saturated carbocycles. The number of para-hydroxylation sites is 1. The number of aromatic nitrogens is 2. The first kappa shape index (κ1) is 54.4. The van der Waals surface area contributed by atoms with Crippen molar-refractivity contribution in [2.45, 2.75) is 143 Å². The summed E-state index contributed by atoms with van der Waals surface area (Å²) in [6, 6.07) is 63.2. The number of hydrogen-bond donors (Lipinski definition) is 0. The molecule has 0 unspecified atom stereocenters. The molecule has 1 aliphatic rings. The van der Waals surface area contributed by atoms with Crippen molar-refractivity contribution in [1.29, 1.82) is 0 Å². The van der Waals surface area contributed by atoms with Crippen molar-refractivity contribution in [3.8, 4) is 17.3 Å². The molecule has 76 heavy (non-hydrogen) atoms. The number of rotatable bonds is 9. The maximum absolute atomic E-state index is 7.27. The second-order valence-corrected chi connectivity index (χ2v) is 26.1. The zero-order valence-electron chi connectivity index (χ0n) is 47.6. The van der Waals surface area contributed by atoms with Gasteiger partial charge in [-0.05, 0) is 108 Å². The Hall–Kier alpha value is -6.42. The first-order valence-electron chi connectivity index (χ1n) is 26.8. The number of nitrogens with zero attached hydrogens (tertiary/aromatic N) is 4. The van der Waals surface area contributed by atoms with Crippen LogP contribution in [0.4, 0.5) is 22.7 Å². The van der Waals surface area contributed by atoms with Crippen molar-refractivity contribution in [2.75, 3.05) is 9.80 Å². The summed E-state index contributed by atoms with van der Waals surface area (Å²) in [5.74, 6) is 2.09. The maximum atomic E-state index is 7.27. The van der Waals surface area contributed by atoms with E-state index in [2.05, 4.69) is 296 Å². The van der Waals surface area contributed by atoms with Crippen LogP contribution in [0.25, 0.3) is 27.6 Å². The molecule has 2 aromatic heterocycles. The second-order valence-electron chi connectivity index (χ2n) is 26.1. The van der Waals surface area contributed by atoms with Crippen molar-refractivity contribution < 1.29 is 25.8 Å². The van der Waals surface area contributed by atoms with Crippen molar-refractivity contribution in [2.24, 2.45) is 0 Å². The molecule has 6 heteroatoms. The monoisotopic (exact) mass is 1180 g/mol. The molecule has 1 aliphatic heterocycles. The van der Waals surface area contributed by atoms with Gasteiger partial charge in [-0.15, -0.1) is 53.8 Å². The Bertz CT molecular complexity index is 3600. The Morgan fingerprint density at radius 1 is 0.447 bits per heavy atom. The van der Waals surface area contributed by atoms with Crippen LogP contribution in [0.15, 0.2) is 158 Å². The van der Waals surface area contributed by atoms with Gasteiger partial charge < -0.3 is 19.1 Å². The summed E-state index contributed by atoms with van der Waals surface area (Å²) in [6.07, 6.45) is 1.93. The van der Waals surface area contributed by atoms with Crippen LogP contribution in [0.2, 0.25) is 0 Å². The van der Waals surface area contributed by atoms with Crippen LogP contribution >= 0.6 is 0 Å². The zero-order valence-corrected chi connectivity index (χ0v) is 49.9. The molecule has 0 aliphatic carbocycles. The molecule has 0 bridgehead atoms. The van der Waals surface area contributed by atoms with Crippen LogP contribution in [0.1, 0.15) is 155 Å². The molecule has 0 saturated heterocycles. The van der Waals surface area contributed by atoms with Gasteiger partial charge in [-0.3, -0.25) is 0 Å². The van der Waals surface area contributed by atoms with Crippen molar-refractivity contribution in [1.82, 2.24) is 9.55 Å². The number of pyridine rings is 1. The van der Waals surface area contributed by atoms with E-state index in [9.17, 15) is 0 Å². The van der Waals surface area contributed by atoms with E-state index in [4.69, 9.17) is 9.72 Å². The van der Waals surface area contributed by atoms with E-state index in [1.54, 1.807) is 0 Å². The Labute approximate surface area is 468 Å². The van der Waals surface area contributed by atoms with E-state index >= 15 is 0 Å². The SMILES string of the molecule is CC(C)(C)c1cc(N2[CH-]N(c3[c-]c(Oc4[c-]c5c(c(C(C)(C)C)c4)c4ccccc4n5-c4cc(C(C)(C)C)ccn4)cc(C(C)(C)c4ccccc4)c3)c3ccc(C(C)(C)C)cc32)cc(C(C)(C)c2ccccc2)c1.[Pt]. The predicted octanol–water partition coefficient (Wildman–Crippen LogP) is 18.8. The number of anilines is 4. The number of ether oxygens (including phenoxy) is 1. The van der Waals surface area contributed by atoms with Gasteiger partial charge in [0.05, 0.1) is 0 Å². The van der Waals surface area contributed by atoms with Gasteiger partial charge in [-0.1, -0.05) is 213 Å². The molecule has 3 heterocycles. The first-order chi connectivity index (χ1) is 35.2. The van der Waals surface area contributed by atoms with Crippen LogP contribution < -0.4 is 14.5 Å². The maximum Gasteiger partial charge on any atom is 0.135 e. The quantitative estimate of drug-likeness (QED) is 0.135. The van der Waals surface area contributed by atoms with Gasteiger partial charge in [0.25, 0.3) is 0 Å². The smallest absolute Gasteiger partial charge is 0.135 e. The van der Waals surface area contributed by atoms with Gasteiger partial charge in [-0.25, -0.2) is 4.98 Å². The Morgan fingerprint density at radius 2 is 1.00 bits per heavy atom. The topological polar surface area (TPSA) is 33.5 Å². The Kier molecular flexibility index (Phi) is 14.0. The summed E-state index contributed by atoms with van der Waals surface area (Å²) in [4.78, 5) is 9.72. The first-order valence-corrected chi connectivity index (χ1v) is 26.8. The van der Waals surface area contributed by atoms with E-state index in [0.717, 1.165) is 55.9 Å². The van der Waals surface area contributed by atoms with Crippen molar-refractivity contribution in [3.63, 3.8) is 0 Å². The Balaban J connectivity index is 0.00000706. The van der Waals surface area contributed by atoms with Crippen LogP contribution in [0, 0.1) is 18.8 Å². The number of fused-ring (bicyclic) bond motifs is 4. The van der Waals surface area contributed by atoms with E-state index in [0.29, 0.717) is 11.5 Å².